The summed E-state index contributed by atoms with van der Waals surface area (Å²) in [5.74, 6) is 0.780. The van der Waals surface area contributed by atoms with Gasteiger partial charge in [0.25, 0.3) is 0 Å². The molecule has 0 aliphatic carbocycles. The van der Waals surface area contributed by atoms with Gasteiger partial charge < -0.3 is 15.0 Å². The molecule has 1 unspecified atom stereocenters. The maximum Gasteiger partial charge on any atom is 0.0518 e. The van der Waals surface area contributed by atoms with Crippen molar-refractivity contribution in [3.8, 4) is 0 Å². The normalized spacial score (nSPS) is 23.6. The van der Waals surface area contributed by atoms with Gasteiger partial charge in [0.2, 0.25) is 0 Å². The SMILES string of the molecule is CC1CNCCCN(CCCCOC(C)C)C1. The van der Waals surface area contributed by atoms with E-state index in [1.807, 2.05) is 0 Å². The van der Waals surface area contributed by atoms with Crippen molar-refractivity contribution in [1.29, 1.82) is 0 Å². The first kappa shape index (κ1) is 14.9. The first-order valence-corrected chi connectivity index (χ1v) is 7.23. The molecule has 0 spiro atoms. The van der Waals surface area contributed by atoms with Crippen molar-refractivity contribution < 1.29 is 4.74 Å². The lowest BCUT2D eigenvalue weighted by Crippen LogP contribution is -2.39. The lowest BCUT2D eigenvalue weighted by Gasteiger charge is -2.28. The van der Waals surface area contributed by atoms with Gasteiger partial charge >= 0.3 is 0 Å². The predicted octanol–water partition coefficient (Wildman–Crippen LogP) is 2.12. The molecule has 17 heavy (non-hydrogen) atoms. The van der Waals surface area contributed by atoms with Gasteiger partial charge in [0.05, 0.1) is 6.10 Å². The average Bonchev–Trinajstić information content (AvgIpc) is 2.23. The molecule has 0 radical (unpaired) electrons. The van der Waals surface area contributed by atoms with E-state index in [0.717, 1.165) is 12.5 Å². The topological polar surface area (TPSA) is 24.5 Å². The molecule has 1 fully saturated rings. The molecule has 0 aromatic carbocycles. The number of hydrogen-bond donors (Lipinski definition) is 1. The molecular formula is C14H30N2O. The zero-order valence-electron chi connectivity index (χ0n) is 11.9. The van der Waals surface area contributed by atoms with Gasteiger partial charge in [0, 0.05) is 13.2 Å². The molecule has 3 heteroatoms. The summed E-state index contributed by atoms with van der Waals surface area (Å²) in [6.45, 7) is 13.6. The third kappa shape index (κ3) is 7.74. The first-order valence-electron chi connectivity index (χ1n) is 7.23. The largest absolute Gasteiger partial charge is 0.379 e. The smallest absolute Gasteiger partial charge is 0.0518 e. The molecule has 102 valence electrons. The Bertz CT molecular complexity index is 185. The third-order valence-corrected chi connectivity index (χ3v) is 3.21. The molecule has 0 bridgehead atoms. The molecule has 0 aromatic heterocycles. The second kappa shape index (κ2) is 8.90. The van der Waals surface area contributed by atoms with E-state index < -0.39 is 0 Å². The van der Waals surface area contributed by atoms with Crippen molar-refractivity contribution in [3.63, 3.8) is 0 Å². The summed E-state index contributed by atoms with van der Waals surface area (Å²) in [6, 6.07) is 0. The van der Waals surface area contributed by atoms with E-state index in [1.165, 1.54) is 52.0 Å². The Kier molecular flexibility index (Phi) is 7.82. The minimum atomic E-state index is 0.378. The fourth-order valence-electron chi connectivity index (χ4n) is 2.33. The summed E-state index contributed by atoms with van der Waals surface area (Å²) in [5.41, 5.74) is 0. The monoisotopic (exact) mass is 242 g/mol. The minimum Gasteiger partial charge on any atom is -0.379 e. The zero-order valence-corrected chi connectivity index (χ0v) is 11.9. The molecule has 1 rings (SSSR count). The van der Waals surface area contributed by atoms with E-state index in [4.69, 9.17) is 4.74 Å². The molecule has 1 atom stereocenters. The predicted molar refractivity (Wildman–Crippen MR) is 73.4 cm³/mol. The molecule has 0 amide bonds. The Labute approximate surface area is 107 Å². The van der Waals surface area contributed by atoms with Gasteiger partial charge in [-0.1, -0.05) is 6.92 Å². The van der Waals surface area contributed by atoms with E-state index in [1.54, 1.807) is 0 Å². The van der Waals surface area contributed by atoms with Crippen molar-refractivity contribution in [1.82, 2.24) is 10.2 Å². The van der Waals surface area contributed by atoms with Crippen molar-refractivity contribution >= 4 is 0 Å². The van der Waals surface area contributed by atoms with Crippen LogP contribution < -0.4 is 5.32 Å². The fourth-order valence-corrected chi connectivity index (χ4v) is 2.33. The maximum atomic E-state index is 5.57. The Morgan fingerprint density at radius 2 is 2.18 bits per heavy atom. The molecule has 1 heterocycles. The second-order valence-corrected chi connectivity index (χ2v) is 5.59. The number of ether oxygens (including phenoxy) is 1. The van der Waals surface area contributed by atoms with Crippen molar-refractivity contribution in [3.05, 3.63) is 0 Å². The molecule has 1 saturated heterocycles. The average molecular weight is 242 g/mol. The summed E-state index contributed by atoms with van der Waals surface area (Å²) in [5, 5.41) is 3.50. The van der Waals surface area contributed by atoms with Crippen LogP contribution in [-0.4, -0.2) is 50.3 Å². The van der Waals surface area contributed by atoms with Crippen LogP contribution in [0, 0.1) is 5.92 Å². The third-order valence-electron chi connectivity index (χ3n) is 3.21. The van der Waals surface area contributed by atoms with Crippen LogP contribution in [0.1, 0.15) is 40.0 Å². The van der Waals surface area contributed by atoms with Crippen LogP contribution in [0.5, 0.6) is 0 Å². The number of nitrogens with one attached hydrogen (secondary N) is 1. The van der Waals surface area contributed by atoms with Gasteiger partial charge in [-0.3, -0.25) is 0 Å². The minimum absolute atomic E-state index is 0.378. The van der Waals surface area contributed by atoms with E-state index in [9.17, 15) is 0 Å². The summed E-state index contributed by atoms with van der Waals surface area (Å²) in [7, 11) is 0. The lowest BCUT2D eigenvalue weighted by atomic mass is 10.1. The number of nitrogens with zero attached hydrogens (tertiary/aromatic N) is 1. The zero-order chi connectivity index (χ0) is 12.5. The Morgan fingerprint density at radius 1 is 1.35 bits per heavy atom. The van der Waals surface area contributed by atoms with Crippen LogP contribution in [0.4, 0.5) is 0 Å². The molecule has 0 aromatic rings. The molecule has 0 saturated carbocycles. The van der Waals surface area contributed by atoms with E-state index in [0.29, 0.717) is 6.10 Å². The van der Waals surface area contributed by atoms with Crippen molar-refractivity contribution in [2.24, 2.45) is 5.92 Å². The summed E-state index contributed by atoms with van der Waals surface area (Å²) in [6.07, 6.45) is 4.13. The van der Waals surface area contributed by atoms with Gasteiger partial charge in [0.15, 0.2) is 0 Å². The second-order valence-electron chi connectivity index (χ2n) is 5.59. The van der Waals surface area contributed by atoms with E-state index in [2.05, 4.69) is 31.0 Å². The highest BCUT2D eigenvalue weighted by molar-refractivity contribution is 4.69. The van der Waals surface area contributed by atoms with Gasteiger partial charge in [0.1, 0.15) is 0 Å². The Morgan fingerprint density at radius 3 is 2.94 bits per heavy atom. The first-order chi connectivity index (χ1) is 8.18. The summed E-state index contributed by atoms with van der Waals surface area (Å²) < 4.78 is 5.57. The molecular weight excluding hydrogens is 212 g/mol. The molecule has 1 aliphatic heterocycles. The fraction of sp³-hybridized carbons (Fsp3) is 1.00. The van der Waals surface area contributed by atoms with Gasteiger partial charge in [-0.05, 0) is 65.2 Å². The highest BCUT2D eigenvalue weighted by Gasteiger charge is 2.12. The van der Waals surface area contributed by atoms with E-state index in [-0.39, 0.29) is 0 Å². The van der Waals surface area contributed by atoms with Gasteiger partial charge in [-0.2, -0.15) is 0 Å². The van der Waals surface area contributed by atoms with Crippen LogP contribution in [-0.2, 0) is 4.74 Å². The number of hydrogen-bond acceptors (Lipinski definition) is 3. The van der Waals surface area contributed by atoms with Crippen LogP contribution in [0.15, 0.2) is 0 Å². The molecule has 1 aliphatic rings. The lowest BCUT2D eigenvalue weighted by molar-refractivity contribution is 0.0736. The Balaban J connectivity index is 2.07. The van der Waals surface area contributed by atoms with Crippen LogP contribution in [0.25, 0.3) is 0 Å². The van der Waals surface area contributed by atoms with Gasteiger partial charge in [-0.25, -0.2) is 0 Å². The molecule has 3 nitrogen and oxygen atoms in total. The number of rotatable bonds is 6. The summed E-state index contributed by atoms with van der Waals surface area (Å²) in [4.78, 5) is 2.63. The highest BCUT2D eigenvalue weighted by atomic mass is 16.5. The van der Waals surface area contributed by atoms with Crippen molar-refractivity contribution in [2.75, 3.05) is 39.3 Å². The van der Waals surface area contributed by atoms with Crippen LogP contribution >= 0.6 is 0 Å². The standard InChI is InChI=1S/C14H30N2O/c1-13(2)17-10-5-4-8-16-9-6-7-15-11-14(3)12-16/h13-15H,4-12H2,1-3H3. The van der Waals surface area contributed by atoms with Crippen LogP contribution in [0.3, 0.4) is 0 Å². The quantitative estimate of drug-likeness (QED) is 0.722. The van der Waals surface area contributed by atoms with Crippen molar-refractivity contribution in [2.45, 2.75) is 46.1 Å². The highest BCUT2D eigenvalue weighted by Crippen LogP contribution is 2.05. The molecule has 1 N–H and O–H groups in total. The number of unbranched alkanes of at least 4 members (excludes halogenated alkanes) is 1. The van der Waals surface area contributed by atoms with Gasteiger partial charge in [-0.15, -0.1) is 0 Å². The Hall–Kier alpha value is -0.120. The summed E-state index contributed by atoms with van der Waals surface area (Å²) >= 11 is 0. The maximum absolute atomic E-state index is 5.57. The van der Waals surface area contributed by atoms with E-state index >= 15 is 0 Å². The van der Waals surface area contributed by atoms with Crippen LogP contribution in [0.2, 0.25) is 0 Å².